The molecule has 0 aliphatic rings. The van der Waals surface area contributed by atoms with Gasteiger partial charge in [-0.3, -0.25) is 14.2 Å². The number of nitrogens with one attached hydrogen (secondary N) is 1. The van der Waals surface area contributed by atoms with Gasteiger partial charge in [0.1, 0.15) is 18.2 Å². The van der Waals surface area contributed by atoms with Crippen LogP contribution in [-0.4, -0.2) is 15.0 Å². The van der Waals surface area contributed by atoms with Gasteiger partial charge < -0.3 is 5.32 Å². The van der Waals surface area contributed by atoms with Gasteiger partial charge in [-0.05, 0) is 19.4 Å². The zero-order valence-corrected chi connectivity index (χ0v) is 13.5. The average Bonchev–Trinajstić information content (AvgIpc) is 2.59. The van der Waals surface area contributed by atoms with Crippen molar-refractivity contribution < 1.29 is 4.79 Å². The van der Waals surface area contributed by atoms with Crippen molar-refractivity contribution in [2.24, 2.45) is 0 Å². The van der Waals surface area contributed by atoms with E-state index < -0.39 is 23.7 Å². The van der Waals surface area contributed by atoms with Crippen molar-refractivity contribution in [3.05, 3.63) is 68.5 Å². The Balaban J connectivity index is 2.25. The lowest BCUT2D eigenvalue weighted by molar-refractivity contribution is -0.122. The van der Waals surface area contributed by atoms with Gasteiger partial charge in [-0.25, -0.2) is 9.36 Å². The maximum absolute atomic E-state index is 12.2. The Morgan fingerprint density at radius 3 is 2.54 bits per heavy atom. The normalized spacial score (nSPS) is 11.5. The molecule has 1 amide bonds. The molecule has 0 bridgehead atoms. The number of carbonyl (C=O) groups excluding carboxylic acids is 1. The second-order valence-electron chi connectivity index (χ2n) is 5.31. The standard InChI is InChI=1S/C17H18N4O3/c1-3-20-10-14(9-18)16(23)21(17(20)24)11-15(22)19-12(2)13-7-5-4-6-8-13/h4-8,10,12H,3,11H2,1-2H3,(H,19,22). The number of hydrogen-bond acceptors (Lipinski definition) is 4. The second kappa shape index (κ2) is 7.42. The molecule has 1 aromatic heterocycles. The van der Waals surface area contributed by atoms with Crippen LogP contribution in [0.4, 0.5) is 0 Å². The molecule has 0 saturated heterocycles. The van der Waals surface area contributed by atoms with E-state index in [2.05, 4.69) is 5.32 Å². The molecule has 1 atom stereocenters. The summed E-state index contributed by atoms with van der Waals surface area (Å²) in [5.74, 6) is -0.469. The summed E-state index contributed by atoms with van der Waals surface area (Å²) >= 11 is 0. The summed E-state index contributed by atoms with van der Waals surface area (Å²) in [5.41, 5.74) is -0.617. The van der Waals surface area contributed by atoms with Crippen molar-refractivity contribution in [2.75, 3.05) is 0 Å². The molecule has 2 rings (SSSR count). The molecule has 0 radical (unpaired) electrons. The fourth-order valence-corrected chi connectivity index (χ4v) is 2.35. The smallest absolute Gasteiger partial charge is 0.331 e. The van der Waals surface area contributed by atoms with Gasteiger partial charge in [0.2, 0.25) is 5.91 Å². The third-order valence-electron chi connectivity index (χ3n) is 3.68. The molecule has 1 unspecified atom stereocenters. The van der Waals surface area contributed by atoms with Crippen molar-refractivity contribution in [3.63, 3.8) is 0 Å². The van der Waals surface area contributed by atoms with Crippen LogP contribution < -0.4 is 16.6 Å². The van der Waals surface area contributed by atoms with Crippen molar-refractivity contribution in [3.8, 4) is 6.07 Å². The highest BCUT2D eigenvalue weighted by atomic mass is 16.2. The Morgan fingerprint density at radius 1 is 1.29 bits per heavy atom. The maximum Gasteiger partial charge on any atom is 0.331 e. The van der Waals surface area contributed by atoms with Gasteiger partial charge in [0.25, 0.3) is 5.56 Å². The molecule has 0 saturated carbocycles. The molecule has 24 heavy (non-hydrogen) atoms. The number of nitriles is 1. The first-order valence-corrected chi connectivity index (χ1v) is 7.56. The lowest BCUT2D eigenvalue weighted by atomic mass is 10.1. The van der Waals surface area contributed by atoms with E-state index in [-0.39, 0.29) is 11.6 Å². The first-order chi connectivity index (χ1) is 11.5. The summed E-state index contributed by atoms with van der Waals surface area (Å²) in [6.45, 7) is 3.40. The molecular weight excluding hydrogens is 308 g/mol. The van der Waals surface area contributed by atoms with E-state index >= 15 is 0 Å². The number of carbonyl (C=O) groups is 1. The quantitative estimate of drug-likeness (QED) is 0.878. The summed E-state index contributed by atoms with van der Waals surface area (Å²) in [4.78, 5) is 36.5. The molecule has 1 aromatic carbocycles. The fourth-order valence-electron chi connectivity index (χ4n) is 2.35. The Hall–Kier alpha value is -3.14. The van der Waals surface area contributed by atoms with Crippen LogP contribution in [0.5, 0.6) is 0 Å². The van der Waals surface area contributed by atoms with Gasteiger partial charge in [-0.15, -0.1) is 0 Å². The number of hydrogen-bond donors (Lipinski definition) is 1. The summed E-state index contributed by atoms with van der Waals surface area (Å²) in [6.07, 6.45) is 1.21. The number of aryl methyl sites for hydroxylation is 1. The Kier molecular flexibility index (Phi) is 5.32. The minimum Gasteiger partial charge on any atom is -0.348 e. The molecular formula is C17H18N4O3. The highest BCUT2D eigenvalue weighted by Gasteiger charge is 2.15. The van der Waals surface area contributed by atoms with Crippen LogP contribution in [0, 0.1) is 11.3 Å². The van der Waals surface area contributed by atoms with Crippen LogP contribution in [0.1, 0.15) is 31.0 Å². The molecule has 1 heterocycles. The van der Waals surface area contributed by atoms with Gasteiger partial charge in [0.15, 0.2) is 0 Å². The van der Waals surface area contributed by atoms with Gasteiger partial charge in [-0.2, -0.15) is 5.26 Å². The SMILES string of the molecule is CCn1cc(C#N)c(=O)n(CC(=O)NC(C)c2ccccc2)c1=O. The van der Waals surface area contributed by atoms with Crippen molar-refractivity contribution in [2.45, 2.75) is 33.0 Å². The monoisotopic (exact) mass is 326 g/mol. The Morgan fingerprint density at radius 2 is 1.96 bits per heavy atom. The summed E-state index contributed by atoms with van der Waals surface area (Å²) < 4.78 is 2.02. The zero-order valence-electron chi connectivity index (χ0n) is 13.5. The molecule has 0 spiro atoms. The second-order valence-corrected chi connectivity index (χ2v) is 5.31. The van der Waals surface area contributed by atoms with Crippen LogP contribution in [0.25, 0.3) is 0 Å². The highest BCUT2D eigenvalue weighted by Crippen LogP contribution is 2.10. The number of nitrogens with zero attached hydrogens (tertiary/aromatic N) is 3. The first kappa shape index (κ1) is 17.2. The molecule has 124 valence electrons. The van der Waals surface area contributed by atoms with E-state index in [9.17, 15) is 14.4 Å². The predicted octanol–water partition coefficient (Wildman–Crippen LogP) is 0.779. The average molecular weight is 326 g/mol. The lowest BCUT2D eigenvalue weighted by Crippen LogP contribution is -2.44. The molecule has 2 aromatic rings. The van der Waals surface area contributed by atoms with Crippen molar-refractivity contribution in [1.82, 2.24) is 14.5 Å². The topological polar surface area (TPSA) is 96.9 Å². The third-order valence-corrected chi connectivity index (χ3v) is 3.68. The number of amides is 1. The van der Waals surface area contributed by atoms with E-state index in [0.29, 0.717) is 6.54 Å². The van der Waals surface area contributed by atoms with Crippen LogP contribution in [0.3, 0.4) is 0 Å². The van der Waals surface area contributed by atoms with Crippen molar-refractivity contribution in [1.29, 1.82) is 5.26 Å². The largest absolute Gasteiger partial charge is 0.348 e. The van der Waals surface area contributed by atoms with Crippen LogP contribution in [0.2, 0.25) is 0 Å². The van der Waals surface area contributed by atoms with E-state index in [0.717, 1.165) is 10.1 Å². The minimum atomic E-state index is -0.755. The first-order valence-electron chi connectivity index (χ1n) is 7.56. The number of benzene rings is 1. The highest BCUT2D eigenvalue weighted by molar-refractivity contribution is 5.76. The summed E-state index contributed by atoms with van der Waals surface area (Å²) in [5, 5.41) is 11.7. The summed E-state index contributed by atoms with van der Waals surface area (Å²) in [7, 11) is 0. The number of aromatic nitrogens is 2. The van der Waals surface area contributed by atoms with Gasteiger partial charge in [0, 0.05) is 12.7 Å². The number of rotatable bonds is 5. The van der Waals surface area contributed by atoms with Gasteiger partial charge >= 0.3 is 5.69 Å². The summed E-state index contributed by atoms with van der Waals surface area (Å²) in [6, 6.07) is 10.8. The van der Waals surface area contributed by atoms with Gasteiger partial charge in [-0.1, -0.05) is 30.3 Å². The maximum atomic E-state index is 12.2. The Bertz CT molecular complexity index is 891. The third kappa shape index (κ3) is 3.60. The van der Waals surface area contributed by atoms with E-state index in [4.69, 9.17) is 5.26 Å². The molecule has 0 aliphatic heterocycles. The van der Waals surface area contributed by atoms with Crippen LogP contribution in [0.15, 0.2) is 46.1 Å². The minimum absolute atomic E-state index is 0.166. The van der Waals surface area contributed by atoms with E-state index in [1.54, 1.807) is 13.0 Å². The predicted molar refractivity (Wildman–Crippen MR) is 88.4 cm³/mol. The van der Waals surface area contributed by atoms with Gasteiger partial charge in [0.05, 0.1) is 6.04 Å². The fraction of sp³-hybridized carbons (Fsp3) is 0.294. The molecule has 7 heteroatoms. The van der Waals surface area contributed by atoms with Crippen LogP contribution >= 0.6 is 0 Å². The molecule has 1 N–H and O–H groups in total. The molecule has 0 aliphatic carbocycles. The lowest BCUT2D eigenvalue weighted by Gasteiger charge is -2.15. The van der Waals surface area contributed by atoms with Crippen molar-refractivity contribution >= 4 is 5.91 Å². The Labute approximate surface area is 138 Å². The molecule has 7 nitrogen and oxygen atoms in total. The van der Waals surface area contributed by atoms with E-state index in [1.807, 2.05) is 37.3 Å². The zero-order chi connectivity index (χ0) is 17.7. The van der Waals surface area contributed by atoms with E-state index in [1.165, 1.54) is 10.8 Å². The van der Waals surface area contributed by atoms with Crippen LogP contribution in [-0.2, 0) is 17.9 Å². The molecule has 0 fully saturated rings.